The van der Waals surface area contributed by atoms with Gasteiger partial charge in [0.2, 0.25) is 11.8 Å². The average Bonchev–Trinajstić information content (AvgIpc) is 2.76. The van der Waals surface area contributed by atoms with Crippen LogP contribution in [-0.2, 0) is 16.1 Å². The van der Waals surface area contributed by atoms with E-state index in [1.165, 1.54) is 0 Å². The van der Waals surface area contributed by atoms with E-state index in [1.54, 1.807) is 11.3 Å². The van der Waals surface area contributed by atoms with Gasteiger partial charge in [0.05, 0.1) is 6.54 Å². The van der Waals surface area contributed by atoms with Crippen molar-refractivity contribution in [3.05, 3.63) is 20.8 Å². The first kappa shape index (κ1) is 15.5. The van der Waals surface area contributed by atoms with Crippen LogP contribution < -0.4 is 5.32 Å². The Morgan fingerprint density at radius 3 is 2.80 bits per heavy atom. The van der Waals surface area contributed by atoms with Crippen LogP contribution in [0.4, 0.5) is 0 Å². The lowest BCUT2D eigenvalue weighted by Gasteiger charge is -2.33. The fourth-order valence-electron chi connectivity index (χ4n) is 2.37. The second-order valence-electron chi connectivity index (χ2n) is 5.41. The summed E-state index contributed by atoms with van der Waals surface area (Å²) in [6, 6.07) is 1.89. The Bertz CT molecular complexity index is 531. The number of nitrogens with zero attached hydrogens (tertiary/aromatic N) is 1. The number of thiophene rings is 1. The number of carbonyl (C=O) groups excluding carboxylic acids is 2. The molecule has 0 spiro atoms. The predicted molar refractivity (Wildman–Crippen MR) is 83.5 cm³/mol. The van der Waals surface area contributed by atoms with Crippen molar-refractivity contribution in [2.75, 3.05) is 0 Å². The van der Waals surface area contributed by atoms with Crippen LogP contribution in [0.5, 0.6) is 0 Å². The number of halogens is 1. The van der Waals surface area contributed by atoms with Gasteiger partial charge in [-0.05, 0) is 47.6 Å². The highest BCUT2D eigenvalue weighted by Gasteiger charge is 2.41. The predicted octanol–water partition coefficient (Wildman–Crippen LogP) is 2.92. The molecule has 1 aliphatic heterocycles. The van der Waals surface area contributed by atoms with E-state index >= 15 is 0 Å². The molecule has 0 bridgehead atoms. The van der Waals surface area contributed by atoms with Gasteiger partial charge in [0.25, 0.3) is 0 Å². The fraction of sp³-hybridized carbons (Fsp3) is 0.571. The number of hydrogen-bond acceptors (Lipinski definition) is 3. The Morgan fingerprint density at radius 2 is 2.25 bits per heavy atom. The zero-order valence-electron chi connectivity index (χ0n) is 11.9. The van der Waals surface area contributed by atoms with Crippen LogP contribution in [0.25, 0.3) is 0 Å². The van der Waals surface area contributed by atoms with E-state index in [-0.39, 0.29) is 17.9 Å². The van der Waals surface area contributed by atoms with Crippen molar-refractivity contribution in [2.45, 2.75) is 51.7 Å². The molecule has 110 valence electrons. The van der Waals surface area contributed by atoms with Gasteiger partial charge in [-0.1, -0.05) is 6.92 Å². The quantitative estimate of drug-likeness (QED) is 0.902. The largest absolute Gasteiger partial charge is 0.342 e. The van der Waals surface area contributed by atoms with Crippen molar-refractivity contribution in [3.63, 3.8) is 0 Å². The Labute approximate surface area is 131 Å². The molecule has 1 N–H and O–H groups in total. The number of rotatable bonds is 3. The molecule has 1 saturated heterocycles. The smallest absolute Gasteiger partial charge is 0.248 e. The lowest BCUT2D eigenvalue weighted by molar-refractivity contribution is -0.140. The van der Waals surface area contributed by atoms with Gasteiger partial charge in [-0.3, -0.25) is 9.59 Å². The second kappa shape index (κ2) is 5.85. The maximum Gasteiger partial charge on any atom is 0.248 e. The first-order chi connectivity index (χ1) is 9.37. The number of amides is 2. The average molecular weight is 359 g/mol. The zero-order chi connectivity index (χ0) is 14.9. The highest BCUT2D eigenvalue weighted by molar-refractivity contribution is 9.10. The number of carbonyl (C=O) groups is 2. The molecule has 0 aromatic carbocycles. The van der Waals surface area contributed by atoms with Crippen molar-refractivity contribution in [2.24, 2.45) is 0 Å². The van der Waals surface area contributed by atoms with E-state index in [9.17, 15) is 9.59 Å². The minimum Gasteiger partial charge on any atom is -0.342 e. The van der Waals surface area contributed by atoms with Gasteiger partial charge >= 0.3 is 0 Å². The van der Waals surface area contributed by atoms with Crippen molar-refractivity contribution >= 4 is 39.1 Å². The van der Waals surface area contributed by atoms with Gasteiger partial charge < -0.3 is 10.2 Å². The highest BCUT2D eigenvalue weighted by atomic mass is 79.9. The monoisotopic (exact) mass is 358 g/mol. The molecule has 20 heavy (non-hydrogen) atoms. The third-order valence-corrected chi connectivity index (χ3v) is 5.78. The Morgan fingerprint density at radius 1 is 1.55 bits per heavy atom. The van der Waals surface area contributed by atoms with E-state index in [4.69, 9.17) is 0 Å². The maximum absolute atomic E-state index is 12.8. The molecule has 1 aromatic heterocycles. The van der Waals surface area contributed by atoms with Gasteiger partial charge in [-0.15, -0.1) is 11.3 Å². The standard InChI is InChI=1S/C14H19BrN2O2S/c1-4-14(3)13(19)17(9(2)7-12(18)16-14)8-11-10(15)5-6-20-11/h5-6,9H,4,7-8H2,1-3H3,(H,16,18). The van der Waals surface area contributed by atoms with Crippen molar-refractivity contribution < 1.29 is 9.59 Å². The number of hydrogen-bond donors (Lipinski definition) is 1. The summed E-state index contributed by atoms with van der Waals surface area (Å²) in [5.74, 6) is -0.0541. The molecule has 2 unspecified atom stereocenters. The Balaban J connectivity index is 2.31. The van der Waals surface area contributed by atoms with Crippen LogP contribution >= 0.6 is 27.3 Å². The van der Waals surface area contributed by atoms with E-state index in [0.717, 1.165) is 9.35 Å². The molecule has 2 atom stereocenters. The van der Waals surface area contributed by atoms with Crippen molar-refractivity contribution in [1.29, 1.82) is 0 Å². The first-order valence-electron chi connectivity index (χ1n) is 6.71. The molecular weight excluding hydrogens is 340 g/mol. The number of nitrogens with one attached hydrogen (secondary N) is 1. The summed E-state index contributed by atoms with van der Waals surface area (Å²) in [5.41, 5.74) is -0.800. The Kier molecular flexibility index (Phi) is 4.54. The third-order valence-electron chi connectivity index (χ3n) is 3.87. The summed E-state index contributed by atoms with van der Waals surface area (Å²) in [6.45, 7) is 6.21. The molecule has 1 aliphatic rings. The normalized spacial score (nSPS) is 27.4. The zero-order valence-corrected chi connectivity index (χ0v) is 14.3. The van der Waals surface area contributed by atoms with Gasteiger partial charge in [-0.25, -0.2) is 0 Å². The van der Waals surface area contributed by atoms with Gasteiger partial charge in [0, 0.05) is 21.8 Å². The van der Waals surface area contributed by atoms with E-state index in [1.807, 2.05) is 37.1 Å². The van der Waals surface area contributed by atoms with Crippen molar-refractivity contribution in [1.82, 2.24) is 10.2 Å². The topological polar surface area (TPSA) is 49.4 Å². The van der Waals surface area contributed by atoms with Crippen LogP contribution in [0.1, 0.15) is 38.5 Å². The summed E-state index contributed by atoms with van der Waals surface area (Å²) in [5, 5.41) is 4.87. The van der Waals surface area contributed by atoms with Crippen LogP contribution in [0.3, 0.4) is 0 Å². The summed E-state index contributed by atoms with van der Waals surface area (Å²) in [7, 11) is 0. The minimum absolute atomic E-state index is 0.00125. The summed E-state index contributed by atoms with van der Waals surface area (Å²) >= 11 is 5.12. The van der Waals surface area contributed by atoms with Gasteiger partial charge in [0.1, 0.15) is 5.54 Å². The molecule has 6 heteroatoms. The fourth-order valence-corrected chi connectivity index (χ4v) is 3.84. The minimum atomic E-state index is -0.800. The van der Waals surface area contributed by atoms with Gasteiger partial charge in [0.15, 0.2) is 0 Å². The van der Waals surface area contributed by atoms with E-state index < -0.39 is 5.54 Å². The molecule has 0 saturated carbocycles. The Hall–Kier alpha value is -0.880. The van der Waals surface area contributed by atoms with E-state index in [0.29, 0.717) is 19.4 Å². The lowest BCUT2D eigenvalue weighted by Crippen LogP contribution is -2.55. The molecule has 2 rings (SSSR count). The molecule has 2 amide bonds. The summed E-state index contributed by atoms with van der Waals surface area (Å²) in [4.78, 5) is 27.7. The third kappa shape index (κ3) is 2.91. The van der Waals surface area contributed by atoms with Crippen molar-refractivity contribution in [3.8, 4) is 0 Å². The summed E-state index contributed by atoms with van der Waals surface area (Å²) < 4.78 is 1.02. The molecule has 1 aromatic rings. The van der Waals surface area contributed by atoms with Crippen LogP contribution in [-0.4, -0.2) is 28.3 Å². The molecular formula is C14H19BrN2O2S. The maximum atomic E-state index is 12.8. The van der Waals surface area contributed by atoms with E-state index in [2.05, 4.69) is 21.2 Å². The second-order valence-corrected chi connectivity index (χ2v) is 7.27. The highest BCUT2D eigenvalue weighted by Crippen LogP contribution is 2.28. The van der Waals surface area contributed by atoms with Crippen LogP contribution in [0.2, 0.25) is 0 Å². The first-order valence-corrected chi connectivity index (χ1v) is 8.38. The molecule has 1 fully saturated rings. The molecule has 4 nitrogen and oxygen atoms in total. The van der Waals surface area contributed by atoms with Crippen LogP contribution in [0, 0.1) is 0 Å². The SMILES string of the molecule is CCC1(C)NC(=O)CC(C)N(Cc2sccc2Br)C1=O. The molecule has 0 radical (unpaired) electrons. The van der Waals surface area contributed by atoms with Gasteiger partial charge in [-0.2, -0.15) is 0 Å². The summed E-state index contributed by atoms with van der Waals surface area (Å²) in [6.07, 6.45) is 0.941. The van der Waals surface area contributed by atoms with Crippen LogP contribution in [0.15, 0.2) is 15.9 Å². The molecule has 2 heterocycles. The molecule has 0 aliphatic carbocycles. The lowest BCUT2D eigenvalue weighted by atomic mass is 9.97.